The minimum absolute atomic E-state index is 0.396. The van der Waals surface area contributed by atoms with Crippen molar-refractivity contribution >= 4 is 23.4 Å². The zero-order valence-corrected chi connectivity index (χ0v) is 11.9. The van der Waals surface area contributed by atoms with Crippen molar-refractivity contribution in [3.05, 3.63) is 11.2 Å². The van der Waals surface area contributed by atoms with Gasteiger partial charge in [-0.15, -0.1) is 0 Å². The van der Waals surface area contributed by atoms with Crippen LogP contribution in [0.4, 0.5) is 11.8 Å². The lowest BCUT2D eigenvalue weighted by molar-refractivity contribution is 0.0696. The first-order valence-corrected chi connectivity index (χ1v) is 6.59. The quantitative estimate of drug-likeness (QED) is 0.712. The molecule has 0 aliphatic rings. The van der Waals surface area contributed by atoms with E-state index in [0.29, 0.717) is 29.8 Å². The molecule has 0 aromatic carbocycles. The molecule has 0 spiro atoms. The van der Waals surface area contributed by atoms with E-state index in [4.69, 9.17) is 11.6 Å². The van der Waals surface area contributed by atoms with Crippen LogP contribution in [0.5, 0.6) is 0 Å². The van der Waals surface area contributed by atoms with Gasteiger partial charge in [0.15, 0.2) is 5.82 Å². The fourth-order valence-electron chi connectivity index (χ4n) is 1.21. The van der Waals surface area contributed by atoms with Gasteiger partial charge in [0.05, 0.1) is 11.8 Å². The molecule has 0 saturated carbocycles. The number of hydrogen-bond acceptors (Lipinski definition) is 5. The van der Waals surface area contributed by atoms with Crippen LogP contribution < -0.4 is 10.6 Å². The van der Waals surface area contributed by atoms with Gasteiger partial charge in [-0.05, 0) is 19.8 Å². The molecule has 1 aromatic rings. The molecule has 18 heavy (non-hydrogen) atoms. The van der Waals surface area contributed by atoms with E-state index in [1.54, 1.807) is 13.1 Å². The summed E-state index contributed by atoms with van der Waals surface area (Å²) >= 11 is 6.01. The second-order valence-corrected chi connectivity index (χ2v) is 4.93. The van der Waals surface area contributed by atoms with E-state index < -0.39 is 5.60 Å². The van der Waals surface area contributed by atoms with Gasteiger partial charge in [0.2, 0.25) is 5.95 Å². The van der Waals surface area contributed by atoms with E-state index in [-0.39, 0.29) is 0 Å². The summed E-state index contributed by atoms with van der Waals surface area (Å²) in [7, 11) is 0. The zero-order chi connectivity index (χ0) is 13.6. The maximum atomic E-state index is 9.92. The molecule has 1 atom stereocenters. The molecular weight excluding hydrogens is 252 g/mol. The molecule has 6 heteroatoms. The van der Waals surface area contributed by atoms with E-state index in [2.05, 4.69) is 27.5 Å². The Morgan fingerprint density at radius 3 is 2.72 bits per heavy atom. The average molecular weight is 273 g/mol. The maximum Gasteiger partial charge on any atom is 0.224 e. The first-order valence-electron chi connectivity index (χ1n) is 6.21. The van der Waals surface area contributed by atoms with Crippen molar-refractivity contribution < 1.29 is 5.11 Å². The van der Waals surface area contributed by atoms with Gasteiger partial charge in [-0.2, -0.15) is 4.98 Å². The topological polar surface area (TPSA) is 70.1 Å². The second kappa shape index (κ2) is 6.75. The summed E-state index contributed by atoms with van der Waals surface area (Å²) in [6.07, 6.45) is 3.21. The molecule has 0 radical (unpaired) electrons. The number of nitrogens with zero attached hydrogens (tertiary/aromatic N) is 2. The van der Waals surface area contributed by atoms with Crippen molar-refractivity contribution in [2.75, 3.05) is 23.7 Å². The third kappa shape index (κ3) is 4.66. The molecule has 102 valence electrons. The molecule has 0 saturated heterocycles. The summed E-state index contributed by atoms with van der Waals surface area (Å²) in [5, 5.41) is 16.5. The van der Waals surface area contributed by atoms with E-state index >= 15 is 0 Å². The van der Waals surface area contributed by atoms with Crippen LogP contribution in [0, 0.1) is 0 Å². The van der Waals surface area contributed by atoms with Gasteiger partial charge in [-0.1, -0.05) is 25.4 Å². The van der Waals surface area contributed by atoms with Crippen molar-refractivity contribution in [2.24, 2.45) is 0 Å². The summed E-state index contributed by atoms with van der Waals surface area (Å²) < 4.78 is 0. The SMILES string of the molecule is CCCNc1ncc(Cl)c(NCC(C)(O)CC)n1. The molecule has 1 unspecified atom stereocenters. The molecule has 1 aromatic heterocycles. The summed E-state index contributed by atoms with van der Waals surface area (Å²) in [6.45, 7) is 6.98. The fraction of sp³-hybridized carbons (Fsp3) is 0.667. The third-order valence-corrected chi connectivity index (χ3v) is 2.95. The zero-order valence-electron chi connectivity index (χ0n) is 11.1. The molecule has 1 rings (SSSR count). The monoisotopic (exact) mass is 272 g/mol. The van der Waals surface area contributed by atoms with Crippen LogP contribution in [0.25, 0.3) is 0 Å². The summed E-state index contributed by atoms with van der Waals surface area (Å²) in [5.74, 6) is 1.08. The lowest BCUT2D eigenvalue weighted by Crippen LogP contribution is -2.32. The van der Waals surface area contributed by atoms with E-state index in [0.717, 1.165) is 13.0 Å². The van der Waals surface area contributed by atoms with Crippen molar-refractivity contribution in [1.29, 1.82) is 0 Å². The number of rotatable bonds is 7. The number of hydrogen-bond donors (Lipinski definition) is 3. The summed E-state index contributed by atoms with van der Waals surface area (Å²) in [6, 6.07) is 0. The Morgan fingerprint density at radius 2 is 2.11 bits per heavy atom. The minimum Gasteiger partial charge on any atom is -0.388 e. The van der Waals surface area contributed by atoms with E-state index in [9.17, 15) is 5.11 Å². The number of anilines is 2. The number of aromatic nitrogens is 2. The van der Waals surface area contributed by atoms with Gasteiger partial charge < -0.3 is 15.7 Å². The maximum absolute atomic E-state index is 9.92. The van der Waals surface area contributed by atoms with Crippen molar-refractivity contribution in [1.82, 2.24) is 9.97 Å². The largest absolute Gasteiger partial charge is 0.388 e. The highest BCUT2D eigenvalue weighted by atomic mass is 35.5. The number of aliphatic hydroxyl groups is 1. The second-order valence-electron chi connectivity index (χ2n) is 4.52. The lowest BCUT2D eigenvalue weighted by atomic mass is 10.0. The Labute approximate surface area is 113 Å². The Morgan fingerprint density at radius 1 is 1.39 bits per heavy atom. The smallest absolute Gasteiger partial charge is 0.224 e. The highest BCUT2D eigenvalue weighted by Crippen LogP contribution is 2.20. The van der Waals surface area contributed by atoms with Crippen LogP contribution >= 0.6 is 11.6 Å². The standard InChI is InChI=1S/C12H21ClN4O/c1-4-6-14-11-15-7-9(13)10(17-11)16-8-12(3,18)5-2/h7,18H,4-6,8H2,1-3H3,(H2,14,15,16,17). The fourth-order valence-corrected chi connectivity index (χ4v) is 1.37. The van der Waals surface area contributed by atoms with Gasteiger partial charge in [0.1, 0.15) is 5.02 Å². The first kappa shape index (κ1) is 15.0. The molecular formula is C12H21ClN4O. The van der Waals surface area contributed by atoms with Crippen LogP contribution in [0.15, 0.2) is 6.20 Å². The molecule has 0 amide bonds. The Balaban J connectivity index is 2.69. The van der Waals surface area contributed by atoms with Gasteiger partial charge in [0.25, 0.3) is 0 Å². The molecule has 5 nitrogen and oxygen atoms in total. The highest BCUT2D eigenvalue weighted by molar-refractivity contribution is 6.32. The van der Waals surface area contributed by atoms with E-state index in [1.807, 2.05) is 6.92 Å². The third-order valence-electron chi connectivity index (χ3n) is 2.68. The van der Waals surface area contributed by atoms with Gasteiger partial charge in [0, 0.05) is 13.1 Å². The predicted octanol–water partition coefficient (Wildman–Crippen LogP) is 2.52. The van der Waals surface area contributed by atoms with Crippen LogP contribution in [0.1, 0.15) is 33.6 Å². The Bertz CT molecular complexity index is 384. The van der Waals surface area contributed by atoms with Crippen molar-refractivity contribution in [3.8, 4) is 0 Å². The molecule has 1 heterocycles. The van der Waals surface area contributed by atoms with Gasteiger partial charge in [-0.25, -0.2) is 4.98 Å². The predicted molar refractivity (Wildman–Crippen MR) is 75.2 cm³/mol. The van der Waals surface area contributed by atoms with Crippen LogP contribution in [0.3, 0.4) is 0 Å². The minimum atomic E-state index is -0.773. The summed E-state index contributed by atoms with van der Waals surface area (Å²) in [5.41, 5.74) is -0.773. The molecule has 0 aliphatic carbocycles. The van der Waals surface area contributed by atoms with Gasteiger partial charge >= 0.3 is 0 Å². The number of halogens is 1. The molecule has 0 fully saturated rings. The molecule has 0 bridgehead atoms. The molecule has 0 aliphatic heterocycles. The summed E-state index contributed by atoms with van der Waals surface area (Å²) in [4.78, 5) is 8.36. The normalized spacial score (nSPS) is 14.1. The average Bonchev–Trinajstić information content (AvgIpc) is 2.36. The lowest BCUT2D eigenvalue weighted by Gasteiger charge is -2.22. The van der Waals surface area contributed by atoms with Crippen molar-refractivity contribution in [2.45, 2.75) is 39.2 Å². The Kier molecular flexibility index (Phi) is 5.62. The number of nitrogens with one attached hydrogen (secondary N) is 2. The molecule has 3 N–H and O–H groups in total. The first-order chi connectivity index (χ1) is 8.48. The Hall–Kier alpha value is -1.07. The van der Waals surface area contributed by atoms with Gasteiger partial charge in [-0.3, -0.25) is 0 Å². The van der Waals surface area contributed by atoms with Crippen LogP contribution in [-0.4, -0.2) is 33.8 Å². The van der Waals surface area contributed by atoms with Crippen molar-refractivity contribution in [3.63, 3.8) is 0 Å². The van der Waals surface area contributed by atoms with E-state index in [1.165, 1.54) is 0 Å². The highest BCUT2D eigenvalue weighted by Gasteiger charge is 2.18. The van der Waals surface area contributed by atoms with Crippen LogP contribution in [-0.2, 0) is 0 Å². The van der Waals surface area contributed by atoms with Crippen LogP contribution in [0.2, 0.25) is 5.02 Å².